The van der Waals surface area contributed by atoms with E-state index < -0.39 is 10.0 Å². The average Bonchev–Trinajstić information content (AvgIpc) is 3.30. The third-order valence-electron chi connectivity index (χ3n) is 5.81. The second-order valence-electron chi connectivity index (χ2n) is 7.72. The fourth-order valence-electron chi connectivity index (χ4n) is 4.04. The van der Waals surface area contributed by atoms with Crippen molar-refractivity contribution in [3.8, 4) is 0 Å². The van der Waals surface area contributed by atoms with Gasteiger partial charge in [-0.25, -0.2) is 8.42 Å². The summed E-state index contributed by atoms with van der Waals surface area (Å²) in [5.74, 6) is 0.913. The molecule has 2 aromatic carbocycles. The van der Waals surface area contributed by atoms with E-state index in [1.54, 1.807) is 30.3 Å². The summed E-state index contributed by atoms with van der Waals surface area (Å²) in [4.78, 5) is 14.9. The third-order valence-corrected chi connectivity index (χ3v) is 7.60. The predicted octanol–water partition coefficient (Wildman–Crippen LogP) is 2.53. The molecule has 2 aliphatic rings. The van der Waals surface area contributed by atoms with Crippen molar-refractivity contribution in [2.45, 2.75) is 11.8 Å². The van der Waals surface area contributed by atoms with Gasteiger partial charge >= 0.3 is 0 Å². The molecule has 29 heavy (non-hydrogen) atoms. The van der Waals surface area contributed by atoms with E-state index in [1.165, 1.54) is 17.4 Å². The molecule has 1 N–H and O–H groups in total. The van der Waals surface area contributed by atoms with Gasteiger partial charge in [0.15, 0.2) is 0 Å². The van der Waals surface area contributed by atoms with Gasteiger partial charge in [-0.05, 0) is 49.1 Å². The van der Waals surface area contributed by atoms with Gasteiger partial charge in [0, 0.05) is 38.8 Å². The molecule has 1 amide bonds. The molecule has 156 valence electrons. The Balaban J connectivity index is 0.00000240. The zero-order valence-corrected chi connectivity index (χ0v) is 18.2. The van der Waals surface area contributed by atoms with Crippen LogP contribution in [0.4, 0.5) is 5.69 Å². The number of likely N-dealkylation sites (tertiary alicyclic amines) is 1. The first-order chi connectivity index (χ1) is 13.4. The highest BCUT2D eigenvalue weighted by Crippen LogP contribution is 2.28. The number of fused-ring (bicyclic) bond motifs is 1. The highest BCUT2D eigenvalue weighted by Gasteiger charge is 2.38. The van der Waals surface area contributed by atoms with Crippen LogP contribution in [0, 0.1) is 18.8 Å². The molecule has 2 heterocycles. The summed E-state index contributed by atoms with van der Waals surface area (Å²) in [6.45, 7) is 5.32. The van der Waals surface area contributed by atoms with Crippen LogP contribution in [0.25, 0.3) is 0 Å². The molecule has 0 unspecified atom stereocenters. The van der Waals surface area contributed by atoms with Crippen LogP contribution in [0.15, 0.2) is 53.4 Å². The smallest absolute Gasteiger partial charge is 0.264 e. The van der Waals surface area contributed by atoms with Gasteiger partial charge in [0.1, 0.15) is 0 Å². The number of anilines is 1. The van der Waals surface area contributed by atoms with Crippen molar-refractivity contribution in [1.29, 1.82) is 0 Å². The van der Waals surface area contributed by atoms with Gasteiger partial charge in [-0.1, -0.05) is 23.8 Å². The predicted molar refractivity (Wildman–Crippen MR) is 116 cm³/mol. The summed E-state index contributed by atoms with van der Waals surface area (Å²) in [7, 11) is -2.22. The second-order valence-corrected chi connectivity index (χ2v) is 9.69. The molecule has 4 rings (SSSR count). The van der Waals surface area contributed by atoms with Gasteiger partial charge < -0.3 is 10.2 Å². The van der Waals surface area contributed by atoms with E-state index in [0.717, 1.165) is 31.7 Å². The Labute approximate surface area is 178 Å². The molecule has 2 aliphatic heterocycles. The Morgan fingerprint density at radius 1 is 1.07 bits per heavy atom. The molecular weight excluding hydrogens is 410 g/mol. The summed E-state index contributed by atoms with van der Waals surface area (Å²) >= 11 is 0. The largest absolute Gasteiger partial charge is 0.338 e. The summed E-state index contributed by atoms with van der Waals surface area (Å²) in [5.41, 5.74) is 2.07. The Bertz CT molecular complexity index is 982. The highest BCUT2D eigenvalue weighted by molar-refractivity contribution is 7.92. The minimum Gasteiger partial charge on any atom is -0.338 e. The van der Waals surface area contributed by atoms with Crippen molar-refractivity contribution in [3.63, 3.8) is 0 Å². The molecule has 6 nitrogen and oxygen atoms in total. The summed E-state index contributed by atoms with van der Waals surface area (Å²) in [6.07, 6.45) is 0. The number of amides is 1. The average molecular weight is 436 g/mol. The minimum absolute atomic E-state index is 0. The van der Waals surface area contributed by atoms with Crippen molar-refractivity contribution in [3.05, 3.63) is 59.7 Å². The monoisotopic (exact) mass is 435 g/mol. The first kappa shape index (κ1) is 21.6. The zero-order valence-electron chi connectivity index (χ0n) is 16.5. The lowest BCUT2D eigenvalue weighted by Crippen LogP contribution is -2.32. The number of sulfonamides is 1. The van der Waals surface area contributed by atoms with E-state index in [1.807, 2.05) is 24.0 Å². The lowest BCUT2D eigenvalue weighted by molar-refractivity contribution is 0.0781. The van der Waals surface area contributed by atoms with Gasteiger partial charge in [-0.15, -0.1) is 12.4 Å². The number of carbonyl (C=O) groups excluding carboxylic acids is 1. The number of aryl methyl sites for hydroxylation is 1. The molecule has 0 radical (unpaired) electrons. The van der Waals surface area contributed by atoms with Gasteiger partial charge in [-0.2, -0.15) is 0 Å². The maximum absolute atomic E-state index is 13.1. The van der Waals surface area contributed by atoms with Crippen molar-refractivity contribution in [2.24, 2.45) is 11.8 Å². The molecule has 0 aromatic heterocycles. The molecule has 0 bridgehead atoms. The van der Waals surface area contributed by atoms with Crippen molar-refractivity contribution >= 4 is 34.0 Å². The second kappa shape index (κ2) is 8.34. The SMILES string of the molecule is Cc1ccc(N(C)S(=O)(=O)c2cccc(C(=O)N3C[C@H]4CNC[C@H]4C3)c2)cc1.Cl. The molecule has 2 aromatic rings. The first-order valence-electron chi connectivity index (χ1n) is 9.52. The fourth-order valence-corrected chi connectivity index (χ4v) is 5.29. The highest BCUT2D eigenvalue weighted by atomic mass is 35.5. The van der Waals surface area contributed by atoms with Gasteiger partial charge in [0.05, 0.1) is 10.6 Å². The van der Waals surface area contributed by atoms with Crippen molar-refractivity contribution in [2.75, 3.05) is 37.5 Å². The van der Waals surface area contributed by atoms with E-state index in [4.69, 9.17) is 0 Å². The Morgan fingerprint density at radius 3 is 2.31 bits per heavy atom. The lowest BCUT2D eigenvalue weighted by atomic mass is 10.0. The number of nitrogens with zero attached hydrogens (tertiary/aromatic N) is 2. The van der Waals surface area contributed by atoms with Crippen LogP contribution >= 0.6 is 12.4 Å². The number of hydrogen-bond donors (Lipinski definition) is 1. The zero-order chi connectivity index (χ0) is 19.9. The molecule has 0 saturated carbocycles. The Morgan fingerprint density at radius 2 is 1.69 bits per heavy atom. The van der Waals surface area contributed by atoms with Crippen molar-refractivity contribution < 1.29 is 13.2 Å². The molecule has 2 atom stereocenters. The van der Waals surface area contributed by atoms with Crippen LogP contribution in [0.2, 0.25) is 0 Å². The summed E-state index contributed by atoms with van der Waals surface area (Å²) in [6, 6.07) is 13.7. The molecular formula is C21H26ClN3O3S. The molecule has 0 aliphatic carbocycles. The fraction of sp³-hybridized carbons (Fsp3) is 0.381. The van der Waals surface area contributed by atoms with E-state index in [0.29, 0.717) is 23.1 Å². The molecule has 2 saturated heterocycles. The summed E-state index contributed by atoms with van der Waals surface area (Å²) in [5, 5.41) is 3.36. The van der Waals surface area contributed by atoms with Gasteiger partial charge in [0.2, 0.25) is 0 Å². The molecule has 8 heteroatoms. The maximum Gasteiger partial charge on any atom is 0.264 e. The molecule has 0 spiro atoms. The summed E-state index contributed by atoms with van der Waals surface area (Å²) < 4.78 is 27.4. The van der Waals surface area contributed by atoms with E-state index in [-0.39, 0.29) is 23.2 Å². The van der Waals surface area contributed by atoms with Crippen LogP contribution in [-0.2, 0) is 10.0 Å². The van der Waals surface area contributed by atoms with Crippen LogP contribution in [-0.4, -0.2) is 52.5 Å². The van der Waals surface area contributed by atoms with E-state index in [2.05, 4.69) is 5.32 Å². The van der Waals surface area contributed by atoms with Gasteiger partial charge in [0.25, 0.3) is 15.9 Å². The normalized spacial score (nSPS) is 20.8. The third kappa shape index (κ3) is 4.13. The number of carbonyl (C=O) groups is 1. The number of nitrogens with one attached hydrogen (secondary N) is 1. The molecule has 2 fully saturated rings. The van der Waals surface area contributed by atoms with Crippen LogP contribution < -0.4 is 9.62 Å². The minimum atomic E-state index is -3.75. The Hall–Kier alpha value is -2.09. The lowest BCUT2D eigenvalue weighted by Gasteiger charge is -2.21. The maximum atomic E-state index is 13.1. The number of hydrogen-bond acceptors (Lipinski definition) is 4. The van der Waals surface area contributed by atoms with Crippen LogP contribution in [0.1, 0.15) is 15.9 Å². The van der Waals surface area contributed by atoms with Gasteiger partial charge in [-0.3, -0.25) is 9.10 Å². The number of rotatable bonds is 4. The quantitative estimate of drug-likeness (QED) is 0.801. The van der Waals surface area contributed by atoms with Crippen LogP contribution in [0.5, 0.6) is 0 Å². The van der Waals surface area contributed by atoms with E-state index >= 15 is 0 Å². The Kier molecular flexibility index (Phi) is 6.22. The standard InChI is InChI=1S/C21H25N3O3S.ClH/c1-15-6-8-19(9-7-15)23(2)28(26,27)20-5-3-4-16(10-20)21(25)24-13-17-11-22-12-18(17)14-24;/h3-10,17-18,22H,11-14H2,1-2H3;1H/t17-,18+;. The topological polar surface area (TPSA) is 69.7 Å². The first-order valence-corrected chi connectivity index (χ1v) is 11.0. The number of benzene rings is 2. The van der Waals surface area contributed by atoms with Crippen LogP contribution in [0.3, 0.4) is 0 Å². The number of halogens is 1. The van der Waals surface area contributed by atoms with Crippen molar-refractivity contribution in [1.82, 2.24) is 10.2 Å². The van der Waals surface area contributed by atoms with E-state index in [9.17, 15) is 13.2 Å².